The molecule has 92 valence electrons. The Morgan fingerprint density at radius 3 is 2.89 bits per heavy atom. The largest absolute Gasteiger partial charge is 0.312 e. The lowest BCUT2D eigenvalue weighted by Gasteiger charge is -2.24. The third kappa shape index (κ3) is 2.00. The van der Waals surface area contributed by atoms with Gasteiger partial charge in [0.25, 0.3) is 0 Å². The molecule has 0 saturated carbocycles. The minimum absolute atomic E-state index is 0.0343. The number of Topliss-reactive ketones (excluding diaryl/α,β-unsaturated/α-hetero) is 1. The molecule has 1 unspecified atom stereocenters. The molecule has 2 heterocycles. The SMILES string of the molecule is Cc1ccc(C(=O)C2CNCc3ccccc32)s1. The van der Waals surface area contributed by atoms with Crippen LogP contribution in [0.4, 0.5) is 0 Å². The number of aryl methyl sites for hydroxylation is 1. The van der Waals surface area contributed by atoms with Crippen LogP contribution in [0.1, 0.15) is 31.6 Å². The monoisotopic (exact) mass is 257 g/mol. The summed E-state index contributed by atoms with van der Waals surface area (Å²) in [6.45, 7) is 3.64. The molecular weight excluding hydrogens is 242 g/mol. The lowest BCUT2D eigenvalue weighted by molar-refractivity contribution is 0.0959. The first-order valence-electron chi connectivity index (χ1n) is 6.15. The number of hydrogen-bond acceptors (Lipinski definition) is 3. The van der Waals surface area contributed by atoms with Gasteiger partial charge in [0.15, 0.2) is 5.78 Å². The zero-order valence-electron chi connectivity index (χ0n) is 10.3. The van der Waals surface area contributed by atoms with Gasteiger partial charge in [-0.25, -0.2) is 0 Å². The van der Waals surface area contributed by atoms with Gasteiger partial charge in [0.1, 0.15) is 0 Å². The lowest BCUT2D eigenvalue weighted by Crippen LogP contribution is -2.32. The van der Waals surface area contributed by atoms with Crippen LogP contribution in [0.15, 0.2) is 36.4 Å². The number of benzene rings is 1. The molecule has 1 aromatic heterocycles. The number of carbonyl (C=O) groups is 1. The normalized spacial score (nSPS) is 18.4. The summed E-state index contributed by atoms with van der Waals surface area (Å²) in [6, 6.07) is 12.2. The first-order valence-corrected chi connectivity index (χ1v) is 6.96. The van der Waals surface area contributed by atoms with E-state index in [2.05, 4.69) is 17.4 Å². The quantitative estimate of drug-likeness (QED) is 0.837. The van der Waals surface area contributed by atoms with Gasteiger partial charge in [-0.2, -0.15) is 0 Å². The van der Waals surface area contributed by atoms with Crippen molar-refractivity contribution in [3.8, 4) is 0 Å². The highest BCUT2D eigenvalue weighted by molar-refractivity contribution is 7.14. The number of rotatable bonds is 2. The van der Waals surface area contributed by atoms with E-state index >= 15 is 0 Å². The molecule has 0 amide bonds. The van der Waals surface area contributed by atoms with Crippen molar-refractivity contribution in [2.24, 2.45) is 0 Å². The molecule has 3 heteroatoms. The van der Waals surface area contributed by atoms with E-state index in [0.29, 0.717) is 0 Å². The molecule has 0 saturated heterocycles. The van der Waals surface area contributed by atoms with E-state index < -0.39 is 0 Å². The molecule has 18 heavy (non-hydrogen) atoms. The van der Waals surface area contributed by atoms with Crippen LogP contribution in [0.3, 0.4) is 0 Å². The molecule has 0 spiro atoms. The minimum Gasteiger partial charge on any atom is -0.312 e. The summed E-state index contributed by atoms with van der Waals surface area (Å²) in [7, 11) is 0. The molecule has 1 atom stereocenters. The van der Waals surface area contributed by atoms with Crippen molar-refractivity contribution >= 4 is 17.1 Å². The standard InChI is InChI=1S/C15H15NOS/c1-10-6-7-14(18-10)15(17)13-9-16-8-11-4-2-3-5-12(11)13/h2-7,13,16H,8-9H2,1H3. The van der Waals surface area contributed by atoms with E-state index in [0.717, 1.165) is 18.0 Å². The summed E-state index contributed by atoms with van der Waals surface area (Å²) in [4.78, 5) is 14.6. The fourth-order valence-electron chi connectivity index (χ4n) is 2.47. The topological polar surface area (TPSA) is 29.1 Å². The fourth-order valence-corrected chi connectivity index (χ4v) is 3.33. The summed E-state index contributed by atoms with van der Waals surface area (Å²) in [5.74, 6) is 0.209. The molecule has 1 aliphatic heterocycles. The third-order valence-corrected chi connectivity index (χ3v) is 4.41. The minimum atomic E-state index is -0.0343. The Bertz CT molecular complexity index is 588. The Labute approximate surface area is 111 Å². The molecule has 1 aliphatic rings. The van der Waals surface area contributed by atoms with Gasteiger partial charge in [-0.05, 0) is 30.2 Å². The molecule has 1 N–H and O–H groups in total. The van der Waals surface area contributed by atoms with Crippen LogP contribution in [0.25, 0.3) is 0 Å². The first kappa shape index (κ1) is 11.6. The number of thiophene rings is 1. The first-order chi connectivity index (χ1) is 8.75. The molecule has 0 aliphatic carbocycles. The maximum Gasteiger partial charge on any atom is 0.181 e. The van der Waals surface area contributed by atoms with Gasteiger partial charge in [-0.3, -0.25) is 4.79 Å². The van der Waals surface area contributed by atoms with Crippen LogP contribution in [-0.4, -0.2) is 12.3 Å². The van der Waals surface area contributed by atoms with Crippen molar-refractivity contribution < 1.29 is 4.79 Å². The molecule has 2 aromatic rings. The van der Waals surface area contributed by atoms with E-state index in [1.54, 1.807) is 11.3 Å². The van der Waals surface area contributed by atoms with Crippen molar-refractivity contribution in [2.75, 3.05) is 6.54 Å². The number of fused-ring (bicyclic) bond motifs is 1. The molecule has 2 nitrogen and oxygen atoms in total. The highest BCUT2D eigenvalue weighted by Crippen LogP contribution is 2.29. The summed E-state index contributed by atoms with van der Waals surface area (Å²) >= 11 is 1.59. The third-order valence-electron chi connectivity index (χ3n) is 3.39. The molecule has 0 radical (unpaired) electrons. The van der Waals surface area contributed by atoms with E-state index in [1.807, 2.05) is 31.2 Å². The summed E-state index contributed by atoms with van der Waals surface area (Å²) < 4.78 is 0. The Hall–Kier alpha value is -1.45. The Morgan fingerprint density at radius 2 is 2.11 bits per heavy atom. The van der Waals surface area contributed by atoms with Gasteiger partial charge in [-0.15, -0.1) is 11.3 Å². The lowest BCUT2D eigenvalue weighted by atomic mass is 9.87. The maximum atomic E-state index is 12.5. The van der Waals surface area contributed by atoms with Gasteiger partial charge in [0.05, 0.1) is 10.8 Å². The van der Waals surface area contributed by atoms with Gasteiger partial charge >= 0.3 is 0 Å². The van der Waals surface area contributed by atoms with Crippen LogP contribution in [0.2, 0.25) is 0 Å². The highest BCUT2D eigenvalue weighted by atomic mass is 32.1. The second-order valence-electron chi connectivity index (χ2n) is 4.66. The number of nitrogens with one attached hydrogen (secondary N) is 1. The highest BCUT2D eigenvalue weighted by Gasteiger charge is 2.27. The Balaban J connectivity index is 1.96. The van der Waals surface area contributed by atoms with Crippen LogP contribution < -0.4 is 5.32 Å². The van der Waals surface area contributed by atoms with Crippen LogP contribution in [0.5, 0.6) is 0 Å². The van der Waals surface area contributed by atoms with Gasteiger partial charge in [0, 0.05) is 18.0 Å². The maximum absolute atomic E-state index is 12.5. The van der Waals surface area contributed by atoms with Crippen molar-refractivity contribution in [1.29, 1.82) is 0 Å². The zero-order chi connectivity index (χ0) is 12.5. The van der Waals surface area contributed by atoms with Crippen LogP contribution >= 0.6 is 11.3 Å². The summed E-state index contributed by atoms with van der Waals surface area (Å²) in [5.41, 5.74) is 2.43. The average molecular weight is 257 g/mol. The van der Waals surface area contributed by atoms with Gasteiger partial charge < -0.3 is 5.32 Å². The second-order valence-corrected chi connectivity index (χ2v) is 5.94. The second kappa shape index (κ2) is 4.67. The van der Waals surface area contributed by atoms with E-state index in [-0.39, 0.29) is 11.7 Å². The van der Waals surface area contributed by atoms with Crippen molar-refractivity contribution in [1.82, 2.24) is 5.32 Å². The fraction of sp³-hybridized carbons (Fsp3) is 0.267. The predicted molar refractivity (Wildman–Crippen MR) is 74.3 cm³/mol. The summed E-state index contributed by atoms with van der Waals surface area (Å²) in [5, 5.41) is 3.33. The number of hydrogen-bond donors (Lipinski definition) is 1. The number of ketones is 1. The molecular formula is C15H15NOS. The molecule has 0 bridgehead atoms. The molecule has 0 fully saturated rings. The van der Waals surface area contributed by atoms with Crippen molar-refractivity contribution in [3.63, 3.8) is 0 Å². The van der Waals surface area contributed by atoms with Crippen LogP contribution in [-0.2, 0) is 6.54 Å². The van der Waals surface area contributed by atoms with E-state index in [4.69, 9.17) is 0 Å². The summed E-state index contributed by atoms with van der Waals surface area (Å²) in [6.07, 6.45) is 0. The van der Waals surface area contributed by atoms with Gasteiger partial charge in [0.2, 0.25) is 0 Å². The average Bonchev–Trinajstić information content (AvgIpc) is 2.84. The Morgan fingerprint density at radius 1 is 1.28 bits per heavy atom. The van der Waals surface area contributed by atoms with E-state index in [9.17, 15) is 4.79 Å². The van der Waals surface area contributed by atoms with E-state index in [1.165, 1.54) is 16.0 Å². The number of carbonyl (C=O) groups excluding carboxylic acids is 1. The van der Waals surface area contributed by atoms with Gasteiger partial charge in [-0.1, -0.05) is 24.3 Å². The van der Waals surface area contributed by atoms with Crippen molar-refractivity contribution in [3.05, 3.63) is 57.3 Å². The zero-order valence-corrected chi connectivity index (χ0v) is 11.1. The smallest absolute Gasteiger partial charge is 0.181 e. The molecule has 1 aromatic carbocycles. The van der Waals surface area contributed by atoms with Crippen LogP contribution in [0, 0.1) is 6.92 Å². The molecule has 3 rings (SSSR count). The Kier molecular flexibility index (Phi) is 3.02. The van der Waals surface area contributed by atoms with Crippen molar-refractivity contribution in [2.45, 2.75) is 19.4 Å². The predicted octanol–water partition coefficient (Wildman–Crippen LogP) is 3.13.